The molecule has 0 N–H and O–H groups in total. The lowest BCUT2D eigenvalue weighted by Gasteiger charge is -2.17. The van der Waals surface area contributed by atoms with Gasteiger partial charge in [0.15, 0.2) is 0 Å². The van der Waals surface area contributed by atoms with Crippen molar-refractivity contribution in [3.05, 3.63) is 45.8 Å². The van der Waals surface area contributed by atoms with E-state index < -0.39 is 5.91 Å². The fourth-order valence-electron chi connectivity index (χ4n) is 1.56. The molecule has 0 spiro atoms. The highest BCUT2D eigenvalue weighted by atomic mass is 16.1. The molecule has 0 atom stereocenters. The van der Waals surface area contributed by atoms with Gasteiger partial charge in [0.05, 0.1) is 0 Å². The zero-order valence-corrected chi connectivity index (χ0v) is 10.1. The van der Waals surface area contributed by atoms with Crippen molar-refractivity contribution < 1.29 is 4.79 Å². The van der Waals surface area contributed by atoms with Crippen molar-refractivity contribution in [2.45, 2.75) is 20.4 Å². The first-order valence-corrected chi connectivity index (χ1v) is 5.62. The minimum absolute atomic E-state index is 0.422. The maximum absolute atomic E-state index is 11.3. The van der Waals surface area contributed by atoms with Crippen molar-refractivity contribution in [2.24, 2.45) is 5.11 Å². The Bertz CT molecular complexity index is 417. The van der Waals surface area contributed by atoms with Crippen LogP contribution in [0, 0.1) is 0 Å². The molecule has 0 radical (unpaired) electrons. The molecule has 0 aliphatic rings. The molecule has 17 heavy (non-hydrogen) atoms. The molecule has 0 heterocycles. The van der Waals surface area contributed by atoms with Crippen molar-refractivity contribution in [1.29, 1.82) is 0 Å². The summed E-state index contributed by atoms with van der Waals surface area (Å²) in [5.74, 6) is -0.540. The maximum Gasteiger partial charge on any atom is 0.249 e. The maximum atomic E-state index is 11.3. The number of hydrogen-bond acceptors (Lipinski definition) is 2. The summed E-state index contributed by atoms with van der Waals surface area (Å²) in [4.78, 5) is 16.0. The van der Waals surface area contributed by atoms with E-state index in [1.165, 1.54) is 0 Å². The summed E-state index contributed by atoms with van der Waals surface area (Å²) in [5, 5.41) is 3.05. The van der Waals surface area contributed by atoms with Gasteiger partial charge in [-0.15, -0.1) is 0 Å². The van der Waals surface area contributed by atoms with Gasteiger partial charge in [-0.1, -0.05) is 38.1 Å². The van der Waals surface area contributed by atoms with Crippen molar-refractivity contribution in [3.8, 4) is 0 Å². The molecular formula is C12H16N4O. The standard InChI is InChI=1S/C12H16N4O/c1-3-16(4-2)9-10-5-7-11(8-6-10)12(17)14-15-13/h5-8H,3-4,9H2,1-2H3. The Balaban J connectivity index is 2.74. The summed E-state index contributed by atoms with van der Waals surface area (Å²) in [7, 11) is 0. The molecule has 5 nitrogen and oxygen atoms in total. The summed E-state index contributed by atoms with van der Waals surface area (Å²) in [6, 6.07) is 7.16. The minimum Gasteiger partial charge on any atom is -0.300 e. The molecule has 90 valence electrons. The molecule has 0 bridgehead atoms. The van der Waals surface area contributed by atoms with Crippen LogP contribution in [0.5, 0.6) is 0 Å². The number of nitrogens with zero attached hydrogens (tertiary/aromatic N) is 4. The van der Waals surface area contributed by atoms with Gasteiger partial charge in [-0.25, -0.2) is 0 Å². The molecule has 0 fully saturated rings. The van der Waals surface area contributed by atoms with E-state index in [4.69, 9.17) is 5.53 Å². The van der Waals surface area contributed by atoms with Gasteiger partial charge in [-0.05, 0) is 29.3 Å². The van der Waals surface area contributed by atoms with E-state index in [2.05, 4.69) is 28.8 Å². The average molecular weight is 232 g/mol. The highest BCUT2D eigenvalue weighted by Gasteiger charge is 2.04. The van der Waals surface area contributed by atoms with Crippen LogP contribution in [-0.4, -0.2) is 23.9 Å². The Labute approximate surface area is 101 Å². The number of carbonyl (C=O) groups is 1. The first-order valence-electron chi connectivity index (χ1n) is 5.62. The van der Waals surface area contributed by atoms with Gasteiger partial charge in [0.2, 0.25) is 5.91 Å². The molecule has 1 rings (SSSR count). The number of benzene rings is 1. The van der Waals surface area contributed by atoms with E-state index in [-0.39, 0.29) is 0 Å². The molecule has 0 aromatic heterocycles. The van der Waals surface area contributed by atoms with Crippen molar-refractivity contribution in [2.75, 3.05) is 13.1 Å². The first-order chi connectivity index (χ1) is 8.21. The predicted molar refractivity (Wildman–Crippen MR) is 66.5 cm³/mol. The number of hydrogen-bond donors (Lipinski definition) is 0. The molecule has 0 saturated carbocycles. The third-order valence-corrected chi connectivity index (χ3v) is 2.64. The van der Waals surface area contributed by atoms with E-state index in [1.807, 2.05) is 12.1 Å². The molecule has 0 unspecified atom stereocenters. The third-order valence-electron chi connectivity index (χ3n) is 2.64. The second kappa shape index (κ2) is 6.68. The summed E-state index contributed by atoms with van der Waals surface area (Å²) in [6.45, 7) is 7.08. The fourth-order valence-corrected chi connectivity index (χ4v) is 1.56. The zero-order valence-electron chi connectivity index (χ0n) is 10.1. The van der Waals surface area contributed by atoms with Crippen LogP contribution in [0.15, 0.2) is 29.4 Å². The number of azide groups is 1. The fraction of sp³-hybridized carbons (Fsp3) is 0.417. The van der Waals surface area contributed by atoms with Crippen LogP contribution in [0.3, 0.4) is 0 Å². The summed E-state index contributed by atoms with van der Waals surface area (Å²) < 4.78 is 0. The largest absolute Gasteiger partial charge is 0.300 e. The highest BCUT2D eigenvalue weighted by molar-refractivity contribution is 5.94. The summed E-state index contributed by atoms with van der Waals surface area (Å²) in [6.07, 6.45) is 0. The van der Waals surface area contributed by atoms with Gasteiger partial charge in [-0.2, -0.15) is 0 Å². The lowest BCUT2D eigenvalue weighted by atomic mass is 10.1. The number of carbonyl (C=O) groups excluding carboxylic acids is 1. The second-order valence-electron chi connectivity index (χ2n) is 3.65. The molecule has 1 aromatic rings. The lowest BCUT2D eigenvalue weighted by molar-refractivity contribution is 0.100. The topological polar surface area (TPSA) is 69.1 Å². The quantitative estimate of drug-likeness (QED) is 0.445. The molecule has 0 aliphatic carbocycles. The van der Waals surface area contributed by atoms with E-state index in [0.29, 0.717) is 5.56 Å². The van der Waals surface area contributed by atoms with Crippen LogP contribution in [-0.2, 0) is 6.54 Å². The average Bonchev–Trinajstić information content (AvgIpc) is 2.37. The molecule has 0 saturated heterocycles. The predicted octanol–water partition coefficient (Wildman–Crippen LogP) is 2.98. The number of amides is 1. The van der Waals surface area contributed by atoms with Crippen LogP contribution >= 0.6 is 0 Å². The van der Waals surface area contributed by atoms with Gasteiger partial charge in [-0.3, -0.25) is 9.69 Å². The van der Waals surface area contributed by atoms with E-state index in [1.54, 1.807) is 12.1 Å². The smallest absolute Gasteiger partial charge is 0.249 e. The second-order valence-corrected chi connectivity index (χ2v) is 3.65. The van der Waals surface area contributed by atoms with E-state index in [9.17, 15) is 4.79 Å². The van der Waals surface area contributed by atoms with Gasteiger partial charge in [0.25, 0.3) is 0 Å². The van der Waals surface area contributed by atoms with Gasteiger partial charge < -0.3 is 0 Å². The highest BCUT2D eigenvalue weighted by Crippen LogP contribution is 2.08. The third kappa shape index (κ3) is 3.90. The molecule has 0 aliphatic heterocycles. The lowest BCUT2D eigenvalue weighted by Crippen LogP contribution is -2.22. The normalized spacial score (nSPS) is 10.1. The number of rotatable bonds is 5. The van der Waals surface area contributed by atoms with Crippen LogP contribution in [0.4, 0.5) is 0 Å². The Morgan fingerprint density at radius 1 is 1.29 bits per heavy atom. The van der Waals surface area contributed by atoms with Gasteiger partial charge in [0.1, 0.15) is 0 Å². The van der Waals surface area contributed by atoms with Crippen molar-refractivity contribution >= 4 is 5.91 Å². The Morgan fingerprint density at radius 3 is 2.35 bits per heavy atom. The minimum atomic E-state index is -0.540. The SMILES string of the molecule is CCN(CC)Cc1ccc(C(=O)N=[N+]=[N-])cc1. The van der Waals surface area contributed by atoms with Gasteiger partial charge in [0, 0.05) is 17.0 Å². The molecule has 5 heteroatoms. The molecular weight excluding hydrogens is 216 g/mol. The van der Waals surface area contributed by atoms with Gasteiger partial charge >= 0.3 is 0 Å². The first kappa shape index (κ1) is 13.2. The van der Waals surface area contributed by atoms with E-state index in [0.717, 1.165) is 25.2 Å². The summed E-state index contributed by atoms with van der Waals surface area (Å²) in [5.41, 5.74) is 9.73. The zero-order chi connectivity index (χ0) is 12.7. The van der Waals surface area contributed by atoms with Crippen molar-refractivity contribution in [1.82, 2.24) is 4.90 Å². The monoisotopic (exact) mass is 232 g/mol. The van der Waals surface area contributed by atoms with Crippen LogP contribution < -0.4 is 0 Å². The molecule has 1 aromatic carbocycles. The van der Waals surface area contributed by atoms with Crippen LogP contribution in [0.1, 0.15) is 29.8 Å². The van der Waals surface area contributed by atoms with Crippen LogP contribution in [0.25, 0.3) is 10.4 Å². The molecule has 1 amide bonds. The Morgan fingerprint density at radius 2 is 1.88 bits per heavy atom. The Kier molecular flexibility index (Phi) is 5.20. The Hall–Kier alpha value is -1.84. The van der Waals surface area contributed by atoms with E-state index >= 15 is 0 Å². The van der Waals surface area contributed by atoms with Crippen LogP contribution in [0.2, 0.25) is 0 Å². The summed E-state index contributed by atoms with van der Waals surface area (Å²) >= 11 is 0. The van der Waals surface area contributed by atoms with Crippen molar-refractivity contribution in [3.63, 3.8) is 0 Å².